The fraction of sp³-hybridized carbons (Fsp3) is 0.316. The number of carbonyl (C=O) groups excluding carboxylic acids is 1. The molecule has 1 amide bonds. The first-order chi connectivity index (χ1) is 11.7. The minimum absolute atomic E-state index is 0.105. The van der Waals surface area contributed by atoms with Gasteiger partial charge in [-0.2, -0.15) is 0 Å². The second-order valence-corrected chi connectivity index (χ2v) is 7.46. The third kappa shape index (κ3) is 4.20. The van der Waals surface area contributed by atoms with Crippen LogP contribution < -0.4 is 5.32 Å². The molecule has 25 heavy (non-hydrogen) atoms. The highest BCUT2D eigenvalue weighted by Gasteiger charge is 2.21. The van der Waals surface area contributed by atoms with Gasteiger partial charge in [-0.05, 0) is 62.9 Å². The molecule has 1 atom stereocenters. The molecule has 2 rings (SSSR count). The summed E-state index contributed by atoms with van der Waals surface area (Å²) in [6.45, 7) is 10.0. The zero-order chi connectivity index (χ0) is 18.7. The van der Waals surface area contributed by atoms with Crippen molar-refractivity contribution in [2.45, 2.75) is 44.8 Å². The van der Waals surface area contributed by atoms with Gasteiger partial charge in [0.05, 0.1) is 10.2 Å². The predicted molar refractivity (Wildman–Crippen MR) is 102 cm³/mol. The largest absolute Gasteiger partial charge is 0.319 e. The third-order valence-corrected chi connectivity index (χ3v) is 5.74. The van der Waals surface area contributed by atoms with E-state index in [-0.39, 0.29) is 22.5 Å². The maximum Gasteiger partial charge on any atom is 0.292 e. The minimum atomic E-state index is -0.494. The van der Waals surface area contributed by atoms with Gasteiger partial charge in [0.15, 0.2) is 0 Å². The van der Waals surface area contributed by atoms with E-state index in [1.54, 1.807) is 18.2 Å². The van der Waals surface area contributed by atoms with Crippen LogP contribution in [-0.4, -0.2) is 16.1 Å². The lowest BCUT2D eigenvalue weighted by molar-refractivity contribution is -0.383. The molecule has 0 fully saturated rings. The van der Waals surface area contributed by atoms with Crippen LogP contribution in [0.4, 0.5) is 11.4 Å². The van der Waals surface area contributed by atoms with Gasteiger partial charge in [0.1, 0.15) is 5.69 Å². The van der Waals surface area contributed by atoms with Crippen LogP contribution in [0.3, 0.4) is 0 Å². The highest BCUT2D eigenvalue weighted by molar-refractivity contribution is 8.00. The average molecular weight is 358 g/mol. The highest BCUT2D eigenvalue weighted by Crippen LogP contribution is 2.34. The molecule has 2 aromatic carbocycles. The Labute approximate surface area is 152 Å². The standard InChI is InChI=1S/C19H22N2O3S/c1-11-10-12(2)14(4)18(13(11)3)25-15(5)19(22)20-16-8-6-7-9-17(16)21(23)24/h6-10,15H,1-5H3,(H,20,22)/t15-/m0/s1. The van der Waals surface area contributed by atoms with Crippen LogP contribution in [0.2, 0.25) is 0 Å². The summed E-state index contributed by atoms with van der Waals surface area (Å²) in [6.07, 6.45) is 0. The van der Waals surface area contributed by atoms with Crippen molar-refractivity contribution in [3.05, 3.63) is 62.7 Å². The van der Waals surface area contributed by atoms with E-state index in [1.807, 2.05) is 6.92 Å². The summed E-state index contributed by atoms with van der Waals surface area (Å²) in [6, 6.07) is 8.31. The first-order valence-corrected chi connectivity index (χ1v) is 8.88. The van der Waals surface area contributed by atoms with Crippen molar-refractivity contribution in [2.24, 2.45) is 0 Å². The summed E-state index contributed by atoms with van der Waals surface area (Å²) in [5.41, 5.74) is 4.83. The number of benzene rings is 2. The second kappa shape index (κ2) is 7.70. The number of rotatable bonds is 5. The SMILES string of the molecule is Cc1cc(C)c(C)c(S[C@@H](C)C(=O)Nc2ccccc2[N+](=O)[O-])c1C. The molecule has 0 aliphatic carbocycles. The van der Waals surface area contributed by atoms with Crippen molar-refractivity contribution in [3.8, 4) is 0 Å². The van der Waals surface area contributed by atoms with Crippen LogP contribution in [0.5, 0.6) is 0 Å². The van der Waals surface area contributed by atoms with Gasteiger partial charge in [-0.25, -0.2) is 0 Å². The molecule has 2 aromatic rings. The van der Waals surface area contributed by atoms with Gasteiger partial charge in [0.2, 0.25) is 5.91 Å². The summed E-state index contributed by atoms with van der Waals surface area (Å²) in [5.74, 6) is -0.253. The second-order valence-electron chi connectivity index (χ2n) is 6.11. The van der Waals surface area contributed by atoms with E-state index < -0.39 is 4.92 Å². The lowest BCUT2D eigenvalue weighted by Crippen LogP contribution is -2.23. The third-order valence-electron chi connectivity index (χ3n) is 4.32. The smallest absolute Gasteiger partial charge is 0.292 e. The van der Waals surface area contributed by atoms with Crippen LogP contribution in [0.15, 0.2) is 35.2 Å². The Hall–Kier alpha value is -2.34. The molecule has 0 aliphatic heterocycles. The van der Waals surface area contributed by atoms with Crippen LogP contribution in [0.25, 0.3) is 0 Å². The molecular formula is C19H22N2O3S. The summed E-state index contributed by atoms with van der Waals surface area (Å²) in [7, 11) is 0. The van der Waals surface area contributed by atoms with E-state index in [9.17, 15) is 14.9 Å². The monoisotopic (exact) mass is 358 g/mol. The number of nitro benzene ring substituents is 1. The Morgan fingerprint density at radius 1 is 1.12 bits per heavy atom. The van der Waals surface area contributed by atoms with Crippen LogP contribution in [-0.2, 0) is 4.79 Å². The summed E-state index contributed by atoms with van der Waals surface area (Å²) in [4.78, 5) is 24.2. The first-order valence-electron chi connectivity index (χ1n) is 8.00. The van der Waals surface area contributed by atoms with Crippen LogP contribution >= 0.6 is 11.8 Å². The van der Waals surface area contributed by atoms with Crippen molar-refractivity contribution in [2.75, 3.05) is 5.32 Å². The molecular weight excluding hydrogens is 336 g/mol. The molecule has 5 nitrogen and oxygen atoms in total. The number of anilines is 1. The predicted octanol–water partition coefficient (Wildman–Crippen LogP) is 4.95. The van der Waals surface area contributed by atoms with Crippen LogP contribution in [0, 0.1) is 37.8 Å². The number of hydrogen-bond donors (Lipinski definition) is 1. The normalized spacial score (nSPS) is 11.9. The highest BCUT2D eigenvalue weighted by atomic mass is 32.2. The lowest BCUT2D eigenvalue weighted by Gasteiger charge is -2.18. The molecule has 6 heteroatoms. The van der Waals surface area contributed by atoms with Gasteiger partial charge in [-0.3, -0.25) is 14.9 Å². The van der Waals surface area contributed by atoms with E-state index >= 15 is 0 Å². The van der Waals surface area contributed by atoms with E-state index in [1.165, 1.54) is 40.1 Å². The molecule has 0 radical (unpaired) electrons. The number of thioether (sulfide) groups is 1. The summed E-state index contributed by atoms with van der Waals surface area (Å²) in [5, 5.41) is 13.4. The summed E-state index contributed by atoms with van der Waals surface area (Å²) < 4.78 is 0. The summed E-state index contributed by atoms with van der Waals surface area (Å²) >= 11 is 1.48. The number of nitro groups is 1. The van der Waals surface area contributed by atoms with Crippen molar-refractivity contribution >= 4 is 29.0 Å². The van der Waals surface area contributed by atoms with Crippen LogP contribution in [0.1, 0.15) is 29.2 Å². The zero-order valence-electron chi connectivity index (χ0n) is 15.0. The number of para-hydroxylation sites is 2. The Kier molecular flexibility index (Phi) is 5.85. The Morgan fingerprint density at radius 2 is 1.68 bits per heavy atom. The van der Waals surface area contributed by atoms with Gasteiger partial charge >= 0.3 is 0 Å². The van der Waals surface area contributed by atoms with Gasteiger partial charge in [-0.15, -0.1) is 11.8 Å². The number of aryl methyl sites for hydroxylation is 2. The molecule has 132 valence electrons. The van der Waals surface area contributed by atoms with E-state index in [0.29, 0.717) is 0 Å². The Balaban J connectivity index is 2.22. The number of amides is 1. The zero-order valence-corrected chi connectivity index (χ0v) is 15.9. The fourth-order valence-electron chi connectivity index (χ4n) is 2.56. The van der Waals surface area contributed by atoms with Crippen molar-refractivity contribution in [3.63, 3.8) is 0 Å². The quantitative estimate of drug-likeness (QED) is 0.466. The van der Waals surface area contributed by atoms with E-state index in [4.69, 9.17) is 0 Å². The minimum Gasteiger partial charge on any atom is -0.319 e. The fourth-order valence-corrected chi connectivity index (χ4v) is 3.76. The van der Waals surface area contributed by atoms with Crippen molar-refractivity contribution < 1.29 is 9.72 Å². The van der Waals surface area contributed by atoms with Gasteiger partial charge in [-0.1, -0.05) is 18.2 Å². The van der Waals surface area contributed by atoms with Gasteiger partial charge in [0, 0.05) is 11.0 Å². The van der Waals surface area contributed by atoms with Gasteiger partial charge in [0.25, 0.3) is 5.69 Å². The molecule has 0 spiro atoms. The Bertz CT molecular complexity index is 807. The molecule has 1 N–H and O–H groups in total. The van der Waals surface area contributed by atoms with E-state index in [0.717, 1.165) is 4.90 Å². The topological polar surface area (TPSA) is 72.2 Å². The number of hydrogen-bond acceptors (Lipinski definition) is 4. The molecule has 0 unspecified atom stereocenters. The van der Waals surface area contributed by atoms with Gasteiger partial charge < -0.3 is 5.32 Å². The van der Waals surface area contributed by atoms with E-state index in [2.05, 4.69) is 39.1 Å². The molecule has 0 saturated carbocycles. The van der Waals surface area contributed by atoms with Crippen molar-refractivity contribution in [1.82, 2.24) is 0 Å². The Morgan fingerprint density at radius 3 is 2.24 bits per heavy atom. The molecule has 0 saturated heterocycles. The molecule has 0 heterocycles. The van der Waals surface area contributed by atoms with Crippen molar-refractivity contribution in [1.29, 1.82) is 0 Å². The maximum absolute atomic E-state index is 12.5. The average Bonchev–Trinajstić information content (AvgIpc) is 2.57. The first kappa shape index (κ1) is 19.0. The molecule has 0 aliphatic rings. The maximum atomic E-state index is 12.5. The molecule has 0 aromatic heterocycles. The molecule has 0 bridgehead atoms. The number of nitrogens with zero attached hydrogens (tertiary/aromatic N) is 1. The number of nitrogens with one attached hydrogen (secondary N) is 1. The number of carbonyl (C=O) groups is 1. The lowest BCUT2D eigenvalue weighted by atomic mass is 10.0.